The van der Waals surface area contributed by atoms with Crippen LogP contribution in [0, 0.1) is 28.4 Å². The van der Waals surface area contributed by atoms with E-state index < -0.39 is 0 Å². The molecule has 1 saturated carbocycles. The van der Waals surface area contributed by atoms with Gasteiger partial charge in [0.25, 0.3) is 5.69 Å². The molecule has 0 spiro atoms. The Bertz CT molecular complexity index is 512. The summed E-state index contributed by atoms with van der Waals surface area (Å²) in [7, 11) is 0. The lowest BCUT2D eigenvalue weighted by atomic mass is 9.71. The van der Waals surface area contributed by atoms with Crippen LogP contribution in [0.3, 0.4) is 0 Å². The van der Waals surface area contributed by atoms with Crippen molar-refractivity contribution >= 4 is 11.4 Å². The van der Waals surface area contributed by atoms with Crippen molar-refractivity contribution in [3.05, 3.63) is 33.9 Å². The van der Waals surface area contributed by atoms with Gasteiger partial charge < -0.3 is 5.32 Å². The van der Waals surface area contributed by atoms with Crippen molar-refractivity contribution in [2.24, 2.45) is 11.3 Å². The summed E-state index contributed by atoms with van der Waals surface area (Å²) in [6.45, 7) is 8.77. The van der Waals surface area contributed by atoms with E-state index in [1.54, 1.807) is 12.1 Å². The zero-order chi connectivity index (χ0) is 15.6. The number of nitrogens with zero attached hydrogens (tertiary/aromatic N) is 1. The van der Waals surface area contributed by atoms with Gasteiger partial charge in [-0.2, -0.15) is 0 Å². The van der Waals surface area contributed by atoms with Crippen LogP contribution in [-0.2, 0) is 0 Å². The van der Waals surface area contributed by atoms with Gasteiger partial charge in [-0.15, -0.1) is 0 Å². The van der Waals surface area contributed by atoms with E-state index in [-0.39, 0.29) is 10.6 Å². The fourth-order valence-corrected chi connectivity index (χ4v) is 3.30. The van der Waals surface area contributed by atoms with Gasteiger partial charge in [0, 0.05) is 23.4 Å². The van der Waals surface area contributed by atoms with Gasteiger partial charge in [-0.3, -0.25) is 10.1 Å². The molecule has 0 atom stereocenters. The molecule has 1 aliphatic rings. The first-order chi connectivity index (χ1) is 9.79. The minimum Gasteiger partial charge on any atom is -0.382 e. The van der Waals surface area contributed by atoms with Crippen molar-refractivity contribution in [1.29, 1.82) is 0 Å². The fraction of sp³-hybridized carbons (Fsp3) is 0.647. The smallest absolute Gasteiger partial charge is 0.274 e. The molecule has 2 rings (SSSR count). The summed E-state index contributed by atoms with van der Waals surface area (Å²) >= 11 is 0. The number of nitrogens with one attached hydrogen (secondary N) is 1. The van der Waals surface area contributed by atoms with E-state index in [0.29, 0.717) is 11.5 Å². The molecule has 0 amide bonds. The van der Waals surface area contributed by atoms with Crippen molar-refractivity contribution in [2.75, 3.05) is 5.32 Å². The van der Waals surface area contributed by atoms with Crippen molar-refractivity contribution in [2.45, 2.75) is 59.4 Å². The first kappa shape index (κ1) is 15.8. The van der Waals surface area contributed by atoms with E-state index in [2.05, 4.69) is 26.1 Å². The van der Waals surface area contributed by atoms with Gasteiger partial charge in [0.15, 0.2) is 0 Å². The lowest BCUT2D eigenvalue weighted by Crippen LogP contribution is -2.31. The Kier molecular flexibility index (Phi) is 4.55. The Morgan fingerprint density at radius 2 is 1.81 bits per heavy atom. The van der Waals surface area contributed by atoms with Gasteiger partial charge in [0.2, 0.25) is 0 Å². The number of hydrogen-bond donors (Lipinski definition) is 1. The van der Waals surface area contributed by atoms with Gasteiger partial charge >= 0.3 is 0 Å². The highest BCUT2D eigenvalue weighted by Gasteiger charge is 2.29. The molecule has 1 aliphatic carbocycles. The number of anilines is 1. The molecule has 4 heteroatoms. The van der Waals surface area contributed by atoms with Crippen LogP contribution in [0.1, 0.15) is 52.0 Å². The molecule has 0 saturated heterocycles. The highest BCUT2D eigenvalue weighted by Crippen LogP contribution is 2.38. The van der Waals surface area contributed by atoms with E-state index in [1.807, 2.05) is 13.0 Å². The predicted octanol–water partition coefficient (Wildman–Crippen LogP) is 4.92. The summed E-state index contributed by atoms with van der Waals surface area (Å²) in [6, 6.07) is 5.70. The van der Waals surface area contributed by atoms with Crippen LogP contribution in [0.2, 0.25) is 0 Å². The second kappa shape index (κ2) is 6.04. The predicted molar refractivity (Wildman–Crippen MR) is 86.7 cm³/mol. The molecule has 0 aromatic heterocycles. The average Bonchev–Trinajstić information content (AvgIpc) is 2.40. The van der Waals surface area contributed by atoms with Crippen LogP contribution in [0.4, 0.5) is 11.4 Å². The first-order valence-electron chi connectivity index (χ1n) is 7.79. The Hall–Kier alpha value is -1.58. The summed E-state index contributed by atoms with van der Waals surface area (Å²) in [6.07, 6.45) is 4.75. The van der Waals surface area contributed by atoms with Crippen LogP contribution in [0.15, 0.2) is 18.2 Å². The third-order valence-corrected chi connectivity index (χ3v) is 4.81. The third kappa shape index (κ3) is 3.74. The Morgan fingerprint density at radius 1 is 1.19 bits per heavy atom. The molecule has 0 unspecified atom stereocenters. The summed E-state index contributed by atoms with van der Waals surface area (Å²) in [5.41, 5.74) is 2.22. The van der Waals surface area contributed by atoms with E-state index in [0.717, 1.165) is 30.0 Å². The molecule has 0 radical (unpaired) electrons. The molecule has 0 bridgehead atoms. The van der Waals surface area contributed by atoms with Crippen LogP contribution in [0.25, 0.3) is 0 Å². The maximum Gasteiger partial charge on any atom is 0.274 e. The van der Waals surface area contributed by atoms with Gasteiger partial charge in [-0.05, 0) is 50.0 Å². The number of rotatable bonds is 3. The SMILES string of the molecule is Cc1c(NC2CCC(C(C)(C)C)CC2)cccc1[N+](=O)[O-]. The number of benzene rings is 1. The van der Waals surface area contributed by atoms with Crippen molar-refractivity contribution in [1.82, 2.24) is 0 Å². The minimum atomic E-state index is -0.309. The van der Waals surface area contributed by atoms with E-state index in [1.165, 1.54) is 12.8 Å². The van der Waals surface area contributed by atoms with Crippen molar-refractivity contribution in [3.8, 4) is 0 Å². The number of hydrogen-bond acceptors (Lipinski definition) is 3. The molecule has 21 heavy (non-hydrogen) atoms. The standard InChI is InChI=1S/C17H26N2O2/c1-12-15(6-5-7-16(12)19(20)21)18-14-10-8-13(9-11-14)17(2,3)4/h5-7,13-14,18H,8-11H2,1-4H3. The Balaban J connectivity index is 2.01. The lowest BCUT2D eigenvalue weighted by molar-refractivity contribution is -0.385. The molecule has 1 fully saturated rings. The summed E-state index contributed by atoms with van der Waals surface area (Å²) in [5.74, 6) is 0.779. The van der Waals surface area contributed by atoms with Crippen LogP contribution in [0.5, 0.6) is 0 Å². The highest BCUT2D eigenvalue weighted by atomic mass is 16.6. The molecule has 116 valence electrons. The largest absolute Gasteiger partial charge is 0.382 e. The Labute approximate surface area is 127 Å². The van der Waals surface area contributed by atoms with Crippen LogP contribution < -0.4 is 5.32 Å². The summed E-state index contributed by atoms with van der Waals surface area (Å²) < 4.78 is 0. The zero-order valence-corrected chi connectivity index (χ0v) is 13.5. The summed E-state index contributed by atoms with van der Waals surface area (Å²) in [5, 5.41) is 14.5. The highest BCUT2D eigenvalue weighted by molar-refractivity contribution is 5.60. The first-order valence-corrected chi connectivity index (χ1v) is 7.79. The molecule has 4 nitrogen and oxygen atoms in total. The van der Waals surface area contributed by atoms with Crippen LogP contribution >= 0.6 is 0 Å². The van der Waals surface area contributed by atoms with E-state index >= 15 is 0 Å². The third-order valence-electron chi connectivity index (χ3n) is 4.81. The molecular formula is C17H26N2O2. The second-order valence-corrected chi connectivity index (χ2v) is 7.27. The number of nitro benzene ring substituents is 1. The normalized spacial score (nSPS) is 22.9. The van der Waals surface area contributed by atoms with Gasteiger partial charge in [-0.25, -0.2) is 0 Å². The molecule has 0 aliphatic heterocycles. The molecule has 1 aromatic rings. The topological polar surface area (TPSA) is 55.2 Å². The number of nitro groups is 1. The zero-order valence-electron chi connectivity index (χ0n) is 13.5. The quantitative estimate of drug-likeness (QED) is 0.635. The maximum absolute atomic E-state index is 11.0. The van der Waals surface area contributed by atoms with Gasteiger partial charge in [0.05, 0.1) is 4.92 Å². The molecule has 1 aromatic carbocycles. The van der Waals surface area contributed by atoms with Gasteiger partial charge in [0.1, 0.15) is 0 Å². The summed E-state index contributed by atoms with van der Waals surface area (Å²) in [4.78, 5) is 10.7. The second-order valence-electron chi connectivity index (χ2n) is 7.27. The molecular weight excluding hydrogens is 264 g/mol. The molecule has 1 N–H and O–H groups in total. The van der Waals surface area contributed by atoms with E-state index in [9.17, 15) is 10.1 Å². The Morgan fingerprint density at radius 3 is 2.33 bits per heavy atom. The fourth-order valence-electron chi connectivity index (χ4n) is 3.30. The van der Waals surface area contributed by atoms with Crippen LogP contribution in [-0.4, -0.2) is 11.0 Å². The lowest BCUT2D eigenvalue weighted by Gasteiger charge is -2.37. The van der Waals surface area contributed by atoms with Gasteiger partial charge in [-0.1, -0.05) is 26.8 Å². The van der Waals surface area contributed by atoms with E-state index in [4.69, 9.17) is 0 Å². The monoisotopic (exact) mass is 290 g/mol. The average molecular weight is 290 g/mol. The van der Waals surface area contributed by atoms with Crippen molar-refractivity contribution < 1.29 is 4.92 Å². The van der Waals surface area contributed by atoms with Crippen molar-refractivity contribution in [3.63, 3.8) is 0 Å². The minimum absolute atomic E-state index is 0.198. The maximum atomic E-state index is 11.0. The molecule has 0 heterocycles.